The third-order valence-electron chi connectivity index (χ3n) is 7.92. The third-order valence-corrected chi connectivity index (χ3v) is 8.61. The van der Waals surface area contributed by atoms with Crippen molar-refractivity contribution >= 4 is 44.8 Å². The smallest absolute Gasteiger partial charge is 0.257 e. The minimum atomic E-state index is -1.08. The van der Waals surface area contributed by atoms with E-state index in [0.717, 1.165) is 29.9 Å². The average molecular weight is 649 g/mol. The largest absolute Gasteiger partial charge is 0.497 e. The molecular weight excluding hydrogens is 622 g/mol. The first-order chi connectivity index (χ1) is 20.7. The number of methoxy groups -OCH3 is 1. The minimum Gasteiger partial charge on any atom is -0.497 e. The van der Waals surface area contributed by atoms with Crippen molar-refractivity contribution in [3.05, 3.63) is 116 Å². The molecule has 6 rings (SSSR count). The van der Waals surface area contributed by atoms with E-state index >= 15 is 0 Å². The lowest BCUT2D eigenvalue weighted by molar-refractivity contribution is 0.101. The lowest BCUT2D eigenvalue weighted by Gasteiger charge is -2.44. The predicted molar refractivity (Wildman–Crippen MR) is 163 cm³/mol. The number of nitrogens with one attached hydrogen (secondary N) is 2. The van der Waals surface area contributed by atoms with Gasteiger partial charge in [-0.25, -0.2) is 8.78 Å². The summed E-state index contributed by atoms with van der Waals surface area (Å²) in [6.45, 7) is 1.88. The number of hydrogen-bond donors (Lipinski definition) is 2. The number of carbonyl (C=O) groups is 2. The van der Waals surface area contributed by atoms with Gasteiger partial charge in [-0.2, -0.15) is 0 Å². The number of nitrogens with zero attached hydrogens (tertiary/aromatic N) is 2. The van der Waals surface area contributed by atoms with Crippen LogP contribution in [0.25, 0.3) is 0 Å². The number of hydrogen-bond acceptors (Lipinski definition) is 5. The Morgan fingerprint density at radius 1 is 0.907 bits per heavy atom. The van der Waals surface area contributed by atoms with Gasteiger partial charge in [0.1, 0.15) is 5.75 Å². The molecule has 4 aromatic rings. The van der Waals surface area contributed by atoms with E-state index in [1.54, 1.807) is 48.5 Å². The monoisotopic (exact) mass is 648 g/mol. The zero-order valence-corrected chi connectivity index (χ0v) is 24.7. The lowest BCUT2D eigenvalue weighted by Crippen LogP contribution is -2.47. The minimum absolute atomic E-state index is 0.00568. The number of fused-ring (bicyclic) bond motifs is 4. The molecule has 2 atom stereocenters. The van der Waals surface area contributed by atoms with Gasteiger partial charge in [0.05, 0.1) is 24.0 Å². The van der Waals surface area contributed by atoms with Crippen molar-refractivity contribution in [3.63, 3.8) is 0 Å². The number of anilines is 3. The van der Waals surface area contributed by atoms with Gasteiger partial charge >= 0.3 is 0 Å². The molecule has 0 saturated carbocycles. The van der Waals surface area contributed by atoms with Gasteiger partial charge in [-0.1, -0.05) is 6.07 Å². The Hall–Kier alpha value is -4.51. The molecule has 11 heteroatoms. The molecule has 8 nitrogen and oxygen atoms in total. The topological polar surface area (TPSA) is 92.7 Å². The fourth-order valence-electron chi connectivity index (χ4n) is 5.92. The van der Waals surface area contributed by atoms with Crippen molar-refractivity contribution in [2.45, 2.75) is 18.9 Å². The van der Waals surface area contributed by atoms with Gasteiger partial charge in [-0.3, -0.25) is 14.4 Å². The zero-order chi connectivity index (χ0) is 30.2. The number of aromatic nitrogens is 1. The molecule has 1 fully saturated rings. The molecular formula is C32H27BrF2N4O4. The molecule has 2 unspecified atom stereocenters. The molecule has 2 N–H and O–H groups in total. The molecule has 0 spiro atoms. The zero-order valence-electron chi connectivity index (χ0n) is 23.1. The average Bonchev–Trinajstić information content (AvgIpc) is 2.99. The third kappa shape index (κ3) is 5.77. The van der Waals surface area contributed by atoms with E-state index in [4.69, 9.17) is 4.74 Å². The molecule has 43 heavy (non-hydrogen) atoms. The van der Waals surface area contributed by atoms with Gasteiger partial charge < -0.3 is 24.8 Å². The Labute approximate surface area is 254 Å². The Morgan fingerprint density at radius 3 is 2.53 bits per heavy atom. The quantitative estimate of drug-likeness (QED) is 0.267. The number of pyridine rings is 1. The second-order valence-corrected chi connectivity index (χ2v) is 11.6. The highest BCUT2D eigenvalue weighted by atomic mass is 79.9. The van der Waals surface area contributed by atoms with Crippen molar-refractivity contribution in [1.29, 1.82) is 0 Å². The molecule has 3 aromatic carbocycles. The van der Waals surface area contributed by atoms with E-state index in [9.17, 15) is 23.2 Å². The van der Waals surface area contributed by atoms with Gasteiger partial charge in [0.15, 0.2) is 11.6 Å². The van der Waals surface area contributed by atoms with Crippen molar-refractivity contribution in [2.75, 3.05) is 35.7 Å². The SMILES string of the molecule is COc1ccc(Br)c(C(=O)Nc2cc(C(=O)Nc3ccc(F)c(F)c3)ccc2N2CC3CC(C2)c2cccc(=O)n2C3)c1. The van der Waals surface area contributed by atoms with E-state index < -0.39 is 23.4 Å². The van der Waals surface area contributed by atoms with Gasteiger partial charge in [0.25, 0.3) is 17.4 Å². The highest BCUT2D eigenvalue weighted by molar-refractivity contribution is 9.10. The van der Waals surface area contributed by atoms with Crippen molar-refractivity contribution in [3.8, 4) is 5.75 Å². The number of carbonyl (C=O) groups excluding carboxylic acids is 2. The van der Waals surface area contributed by atoms with Gasteiger partial charge in [0, 0.05) is 59.1 Å². The van der Waals surface area contributed by atoms with Crippen LogP contribution in [0.2, 0.25) is 0 Å². The summed E-state index contributed by atoms with van der Waals surface area (Å²) in [5, 5.41) is 5.56. The summed E-state index contributed by atoms with van der Waals surface area (Å²) < 4.78 is 34.9. The standard InChI is InChI=1S/C32H27BrF2N4O4/c1-43-22-7-8-24(33)23(14-22)32(42)37-27-12-19(31(41)36-21-6-9-25(34)26(35)13-21)5-10-29(27)38-15-18-11-20(17-38)28-3-2-4-30(40)39(28)16-18/h2-10,12-14,18,20H,11,15-17H2,1H3,(H,36,41)(H,37,42). The van der Waals surface area contributed by atoms with E-state index in [0.29, 0.717) is 41.1 Å². The fourth-order valence-corrected chi connectivity index (χ4v) is 6.35. The molecule has 2 bridgehead atoms. The Morgan fingerprint density at radius 2 is 1.74 bits per heavy atom. The molecule has 2 aliphatic heterocycles. The Bertz CT molecular complexity index is 1810. The number of ether oxygens (including phenoxy) is 1. The second kappa shape index (κ2) is 11.6. The van der Waals surface area contributed by atoms with Crippen molar-refractivity contribution in [1.82, 2.24) is 4.57 Å². The summed E-state index contributed by atoms with van der Waals surface area (Å²) in [5.41, 5.74) is 2.75. The molecule has 1 saturated heterocycles. The van der Waals surface area contributed by atoms with Crippen LogP contribution in [-0.2, 0) is 6.54 Å². The summed E-state index contributed by atoms with van der Waals surface area (Å²) in [6.07, 6.45) is 0.952. The summed E-state index contributed by atoms with van der Waals surface area (Å²) in [5.74, 6) is -2.23. The van der Waals surface area contributed by atoms with Crippen LogP contribution in [0.1, 0.15) is 38.7 Å². The second-order valence-electron chi connectivity index (χ2n) is 10.7. The molecule has 0 radical (unpaired) electrons. The van der Waals surface area contributed by atoms with Crippen LogP contribution >= 0.6 is 15.9 Å². The van der Waals surface area contributed by atoms with Gasteiger partial charge in [0.2, 0.25) is 0 Å². The van der Waals surface area contributed by atoms with Crippen molar-refractivity contribution in [2.24, 2.45) is 5.92 Å². The summed E-state index contributed by atoms with van der Waals surface area (Å²) >= 11 is 3.43. The van der Waals surface area contributed by atoms with E-state index in [1.807, 2.05) is 10.6 Å². The molecule has 3 heterocycles. The van der Waals surface area contributed by atoms with E-state index in [1.165, 1.54) is 13.2 Å². The molecule has 2 aliphatic rings. The maximum absolute atomic E-state index is 13.7. The first-order valence-corrected chi connectivity index (χ1v) is 14.5. The summed E-state index contributed by atoms with van der Waals surface area (Å²) in [6, 6.07) is 18.5. The number of halogens is 3. The van der Waals surface area contributed by atoms with E-state index in [-0.39, 0.29) is 28.6 Å². The highest BCUT2D eigenvalue weighted by Crippen LogP contribution is 2.39. The van der Waals surface area contributed by atoms with Crippen LogP contribution in [0.3, 0.4) is 0 Å². The fraction of sp³-hybridized carbons (Fsp3) is 0.219. The normalized spacial score (nSPS) is 17.2. The molecule has 0 aliphatic carbocycles. The number of benzene rings is 3. The van der Waals surface area contributed by atoms with Crippen molar-refractivity contribution < 1.29 is 23.1 Å². The Balaban J connectivity index is 1.34. The van der Waals surface area contributed by atoms with E-state index in [2.05, 4.69) is 31.5 Å². The molecule has 2 amide bonds. The van der Waals surface area contributed by atoms with Crippen LogP contribution in [-0.4, -0.2) is 36.6 Å². The maximum Gasteiger partial charge on any atom is 0.257 e. The van der Waals surface area contributed by atoms with Crippen LogP contribution < -0.4 is 25.8 Å². The van der Waals surface area contributed by atoms with Gasteiger partial charge in [-0.05, 0) is 82.9 Å². The van der Waals surface area contributed by atoms with Crippen LogP contribution in [0, 0.1) is 17.6 Å². The lowest BCUT2D eigenvalue weighted by atomic mass is 9.83. The Kier molecular flexibility index (Phi) is 7.74. The summed E-state index contributed by atoms with van der Waals surface area (Å²) in [7, 11) is 1.51. The van der Waals surface area contributed by atoms with Gasteiger partial charge in [-0.15, -0.1) is 0 Å². The number of amides is 2. The number of piperidine rings is 1. The van der Waals surface area contributed by atoms with Crippen LogP contribution in [0.4, 0.5) is 25.8 Å². The summed E-state index contributed by atoms with van der Waals surface area (Å²) in [4.78, 5) is 41.4. The first kappa shape index (κ1) is 28.6. The predicted octanol–water partition coefficient (Wildman–Crippen LogP) is 6.03. The maximum atomic E-state index is 13.7. The highest BCUT2D eigenvalue weighted by Gasteiger charge is 2.35. The van der Waals surface area contributed by atoms with Crippen LogP contribution in [0.5, 0.6) is 5.75 Å². The van der Waals surface area contributed by atoms with Crippen LogP contribution in [0.15, 0.2) is 82.1 Å². The molecule has 220 valence electrons. The molecule has 1 aromatic heterocycles. The number of rotatable bonds is 6. The first-order valence-electron chi connectivity index (χ1n) is 13.7.